The van der Waals surface area contributed by atoms with Gasteiger partial charge < -0.3 is 35.0 Å². The van der Waals surface area contributed by atoms with Crippen molar-refractivity contribution in [1.29, 1.82) is 0 Å². The molecule has 5 N–H and O–H groups in total. The molecule has 1 aliphatic rings. The number of aliphatic hydroxyl groups is 4. The van der Waals surface area contributed by atoms with Gasteiger partial charge in [0.05, 0.1) is 16.8 Å². The Hall–Kier alpha value is -0.770. The van der Waals surface area contributed by atoms with Crippen LogP contribution in [0.25, 0.3) is 0 Å². The minimum absolute atomic E-state index is 1.77. The molecule has 0 aromatic rings. The van der Waals surface area contributed by atoms with E-state index < -0.39 is 56.2 Å². The zero-order chi connectivity index (χ0) is 18.4. The average molecular weight is 258 g/mol. The van der Waals surface area contributed by atoms with Crippen molar-refractivity contribution in [2.75, 3.05) is 6.56 Å². The molecule has 0 radical (unpaired) electrons. The Kier molecular flexibility index (Phi) is 2.56. The van der Waals surface area contributed by atoms with Gasteiger partial charge in [0, 0.05) is 4.11 Å². The van der Waals surface area contributed by atoms with Crippen molar-refractivity contribution in [1.82, 2.24) is 0 Å². The van der Waals surface area contributed by atoms with Crippen LogP contribution in [0.3, 0.4) is 0 Å². The fraction of sp³-hybridized carbons (Fsp3) is 0.889. The fourth-order valence-corrected chi connectivity index (χ4v) is 1.26. The summed E-state index contributed by atoms with van der Waals surface area (Å²) in [5.74, 6) is -1.77. The summed E-state index contributed by atoms with van der Waals surface area (Å²) in [7, 11) is 0. The number of rotatable bonds is 4. The monoisotopic (exact) mass is 258 g/mol. The molecule has 0 aromatic carbocycles. The van der Waals surface area contributed by atoms with Crippen LogP contribution in [0.5, 0.6) is 0 Å². The molecule has 0 saturated carbocycles. The van der Waals surface area contributed by atoms with Gasteiger partial charge in [-0.15, -0.1) is 0 Å². The third kappa shape index (κ3) is 3.35. The predicted molar refractivity (Wildman–Crippen MR) is 52.0 cm³/mol. The first-order valence-corrected chi connectivity index (χ1v) is 4.46. The summed E-state index contributed by atoms with van der Waals surface area (Å²) in [6.07, 6.45) is -14.5. The lowest BCUT2D eigenvalue weighted by atomic mass is 9.99. The first-order valence-electron chi connectivity index (χ1n) is 7.46. The lowest BCUT2D eigenvalue weighted by Crippen LogP contribution is -2.60. The van der Waals surface area contributed by atoms with Gasteiger partial charge in [-0.05, 0) is 6.85 Å². The SMILES string of the molecule is [2H]C([2H])([2H])C([2H])(O)C([2H])([2H])O[C@@H]1O[C@H](C(=O)O)[C@@H](O)[C@H](O)[C@H]1O. The standard InChI is InChI=1S/C9H16O8/c1-3(10)2-16-9-6(13)4(11)5(12)7(17-9)8(14)15/h3-7,9-13H,2H2,1H3,(H,14,15)/t3?,4-,5-,6+,7-,9+/m0/s1/i1D3,2D2,3D. The summed E-state index contributed by atoms with van der Waals surface area (Å²) in [6, 6.07) is 0. The summed E-state index contributed by atoms with van der Waals surface area (Å²) in [5.41, 5.74) is 0. The van der Waals surface area contributed by atoms with Gasteiger partial charge in [-0.3, -0.25) is 0 Å². The predicted octanol–water partition coefficient (Wildman–Crippen LogP) is -2.72. The summed E-state index contributed by atoms with van der Waals surface area (Å²) in [5, 5.41) is 46.9. The van der Waals surface area contributed by atoms with Crippen molar-refractivity contribution in [2.45, 2.75) is 43.6 Å². The number of aliphatic hydroxyl groups excluding tert-OH is 3. The molecule has 0 aliphatic carbocycles. The van der Waals surface area contributed by atoms with Crippen LogP contribution in [0, 0.1) is 0 Å². The van der Waals surface area contributed by atoms with E-state index in [0.717, 1.165) is 0 Å². The normalized spacial score (nSPS) is 48.6. The van der Waals surface area contributed by atoms with Crippen LogP contribution in [0.2, 0.25) is 0 Å². The van der Waals surface area contributed by atoms with E-state index in [0.29, 0.717) is 0 Å². The van der Waals surface area contributed by atoms with Crippen molar-refractivity contribution in [3.05, 3.63) is 0 Å². The molecule has 1 rings (SSSR count). The Labute approximate surface area is 105 Å². The Morgan fingerprint density at radius 3 is 2.71 bits per heavy atom. The second-order valence-electron chi connectivity index (χ2n) is 3.30. The van der Waals surface area contributed by atoms with Crippen molar-refractivity contribution in [2.24, 2.45) is 0 Å². The molecule has 0 aromatic heterocycles. The number of hydrogen-bond donors (Lipinski definition) is 5. The zero-order valence-corrected chi connectivity index (χ0v) is 8.35. The van der Waals surface area contributed by atoms with E-state index in [-0.39, 0.29) is 0 Å². The van der Waals surface area contributed by atoms with Gasteiger partial charge in [0.2, 0.25) is 0 Å². The number of carboxylic acids is 1. The van der Waals surface area contributed by atoms with Crippen LogP contribution >= 0.6 is 0 Å². The van der Waals surface area contributed by atoms with Gasteiger partial charge in [-0.2, -0.15) is 0 Å². The highest BCUT2D eigenvalue weighted by atomic mass is 16.7. The first-order chi connectivity index (χ1) is 10.1. The minimum atomic E-state index is -3.79. The van der Waals surface area contributed by atoms with Crippen LogP contribution in [0.15, 0.2) is 0 Å². The van der Waals surface area contributed by atoms with Crippen LogP contribution in [-0.4, -0.2) is 74.8 Å². The van der Waals surface area contributed by atoms with Crippen LogP contribution in [-0.2, 0) is 14.3 Å². The number of carbonyl (C=O) groups is 1. The zero-order valence-electron chi connectivity index (χ0n) is 14.3. The molecule has 1 saturated heterocycles. The Morgan fingerprint density at radius 1 is 1.53 bits per heavy atom. The summed E-state index contributed by atoms with van der Waals surface area (Å²) in [4.78, 5) is 10.9. The lowest BCUT2D eigenvalue weighted by molar-refractivity contribution is -0.297. The summed E-state index contributed by atoms with van der Waals surface area (Å²) in [6.45, 7) is -7.20. The molecule has 8 heteroatoms. The maximum atomic E-state index is 10.9. The molecule has 8 nitrogen and oxygen atoms in total. The third-order valence-corrected chi connectivity index (χ3v) is 2.08. The highest BCUT2D eigenvalue weighted by Crippen LogP contribution is 2.22. The third-order valence-electron chi connectivity index (χ3n) is 2.08. The molecular weight excluding hydrogens is 236 g/mol. The first kappa shape index (κ1) is 7.62. The van der Waals surface area contributed by atoms with E-state index in [4.69, 9.17) is 13.3 Å². The molecule has 17 heavy (non-hydrogen) atoms. The summed E-state index contributed by atoms with van der Waals surface area (Å²) < 4.78 is 51.7. The molecule has 0 spiro atoms. The van der Waals surface area contributed by atoms with Crippen LogP contribution in [0.1, 0.15) is 15.1 Å². The smallest absolute Gasteiger partial charge is 0.335 e. The number of aliphatic carboxylic acids is 1. The highest BCUT2D eigenvalue weighted by Gasteiger charge is 2.47. The topological polar surface area (TPSA) is 137 Å². The maximum absolute atomic E-state index is 10.9. The molecule has 100 valence electrons. The molecule has 1 unspecified atom stereocenters. The molecule has 0 bridgehead atoms. The van der Waals surface area contributed by atoms with E-state index in [1.54, 1.807) is 0 Å². The Morgan fingerprint density at radius 2 is 2.18 bits per heavy atom. The van der Waals surface area contributed by atoms with Gasteiger partial charge in [0.25, 0.3) is 0 Å². The van der Waals surface area contributed by atoms with Crippen LogP contribution < -0.4 is 0 Å². The molecular formula is C9H16O8. The summed E-state index contributed by atoms with van der Waals surface area (Å²) >= 11 is 0. The molecule has 1 aliphatic heterocycles. The number of carboxylic acid groups (broad SMARTS) is 1. The fourth-order valence-electron chi connectivity index (χ4n) is 1.26. The van der Waals surface area contributed by atoms with Crippen molar-refractivity contribution in [3.8, 4) is 0 Å². The second-order valence-corrected chi connectivity index (χ2v) is 3.30. The van der Waals surface area contributed by atoms with Crippen LogP contribution in [0.4, 0.5) is 0 Å². The minimum Gasteiger partial charge on any atom is -0.479 e. The van der Waals surface area contributed by atoms with Gasteiger partial charge in [0.1, 0.15) is 18.3 Å². The average Bonchev–Trinajstić information content (AvgIpc) is 2.37. The van der Waals surface area contributed by atoms with Crippen molar-refractivity contribution < 1.29 is 48.0 Å². The number of hydrogen-bond acceptors (Lipinski definition) is 7. The Balaban J connectivity index is 3.04. The lowest BCUT2D eigenvalue weighted by Gasteiger charge is -2.38. The molecule has 1 fully saturated rings. The maximum Gasteiger partial charge on any atom is 0.335 e. The number of ether oxygens (including phenoxy) is 2. The van der Waals surface area contributed by atoms with E-state index in [1.807, 2.05) is 0 Å². The highest BCUT2D eigenvalue weighted by molar-refractivity contribution is 5.73. The van der Waals surface area contributed by atoms with Crippen molar-refractivity contribution >= 4 is 5.97 Å². The second kappa shape index (κ2) is 5.71. The van der Waals surface area contributed by atoms with Gasteiger partial charge in [-0.25, -0.2) is 4.79 Å². The van der Waals surface area contributed by atoms with Crippen molar-refractivity contribution in [3.63, 3.8) is 0 Å². The van der Waals surface area contributed by atoms with E-state index in [1.165, 1.54) is 0 Å². The molecule has 0 amide bonds. The van der Waals surface area contributed by atoms with E-state index >= 15 is 0 Å². The molecule has 6 atom stereocenters. The van der Waals surface area contributed by atoms with Gasteiger partial charge in [-0.1, -0.05) is 0 Å². The quantitative estimate of drug-likeness (QED) is 0.367. The van der Waals surface area contributed by atoms with Gasteiger partial charge in [0.15, 0.2) is 12.4 Å². The molecule has 1 heterocycles. The Bertz CT molecular complexity index is 454. The van der Waals surface area contributed by atoms with Gasteiger partial charge >= 0.3 is 5.97 Å². The van der Waals surface area contributed by atoms with E-state index in [9.17, 15) is 25.2 Å². The largest absolute Gasteiger partial charge is 0.479 e. The van der Waals surface area contributed by atoms with E-state index in [2.05, 4.69) is 9.47 Å².